The van der Waals surface area contributed by atoms with E-state index in [2.05, 4.69) is 15.9 Å². The zero-order valence-corrected chi connectivity index (χ0v) is 13.9. The summed E-state index contributed by atoms with van der Waals surface area (Å²) < 4.78 is 53.1. The molecule has 2 aromatic rings. The first-order chi connectivity index (χ1) is 9.72. The highest BCUT2D eigenvalue weighted by molar-refractivity contribution is 9.10. The Labute approximate surface area is 138 Å². The standard InChI is InChI=1S/C12H6BrCl2F2NO2S/c13-7-4-6(16)5-9(17)12(7)18-21(19,20)10-3-1-2-8(14)11(10)15/h1-5,18H. The average molecular weight is 417 g/mol. The van der Waals surface area contributed by atoms with Crippen molar-refractivity contribution in [3.63, 3.8) is 0 Å². The van der Waals surface area contributed by atoms with Crippen molar-refractivity contribution in [3.05, 3.63) is 56.5 Å². The van der Waals surface area contributed by atoms with Gasteiger partial charge in [-0.25, -0.2) is 17.2 Å². The number of anilines is 1. The molecule has 0 saturated heterocycles. The predicted octanol–water partition coefficient (Wildman–Crippen LogP) is 4.83. The summed E-state index contributed by atoms with van der Waals surface area (Å²) in [6.07, 6.45) is 0. The van der Waals surface area contributed by atoms with E-state index in [1.54, 1.807) is 0 Å². The molecule has 0 amide bonds. The fourth-order valence-electron chi connectivity index (χ4n) is 1.52. The Hall–Kier alpha value is -0.890. The van der Waals surface area contributed by atoms with Gasteiger partial charge in [0.25, 0.3) is 10.0 Å². The van der Waals surface area contributed by atoms with Crippen molar-refractivity contribution in [3.8, 4) is 0 Å². The van der Waals surface area contributed by atoms with Crippen LogP contribution < -0.4 is 4.72 Å². The topological polar surface area (TPSA) is 46.2 Å². The maximum absolute atomic E-state index is 13.7. The van der Waals surface area contributed by atoms with Gasteiger partial charge in [0.05, 0.1) is 15.7 Å². The zero-order chi connectivity index (χ0) is 15.8. The van der Waals surface area contributed by atoms with Crippen molar-refractivity contribution >= 4 is 54.8 Å². The first-order valence-electron chi connectivity index (χ1n) is 5.34. The van der Waals surface area contributed by atoms with Crippen LogP contribution in [0.4, 0.5) is 14.5 Å². The van der Waals surface area contributed by atoms with E-state index in [0.29, 0.717) is 6.07 Å². The minimum Gasteiger partial charge on any atom is -0.275 e. The van der Waals surface area contributed by atoms with Gasteiger partial charge in [-0.1, -0.05) is 29.3 Å². The molecule has 0 radical (unpaired) electrons. The SMILES string of the molecule is O=S(=O)(Nc1c(F)cc(F)cc1Br)c1cccc(Cl)c1Cl. The van der Waals surface area contributed by atoms with E-state index in [-0.39, 0.29) is 19.4 Å². The normalized spacial score (nSPS) is 11.5. The summed E-state index contributed by atoms with van der Waals surface area (Å²) in [7, 11) is -4.18. The molecule has 2 rings (SSSR count). The summed E-state index contributed by atoms with van der Waals surface area (Å²) >= 11 is 14.5. The van der Waals surface area contributed by atoms with Crippen LogP contribution in [0.3, 0.4) is 0 Å². The lowest BCUT2D eigenvalue weighted by molar-refractivity contribution is 0.581. The summed E-state index contributed by atoms with van der Waals surface area (Å²) in [5.41, 5.74) is -0.424. The minimum absolute atomic E-state index is 0.0400. The molecule has 1 N–H and O–H groups in total. The fraction of sp³-hybridized carbons (Fsp3) is 0. The Bertz CT molecular complexity index is 792. The molecular weight excluding hydrogens is 411 g/mol. The number of benzene rings is 2. The molecule has 3 nitrogen and oxygen atoms in total. The molecule has 0 atom stereocenters. The Kier molecular flexibility index (Phi) is 4.77. The van der Waals surface area contributed by atoms with Gasteiger partial charge in [0, 0.05) is 10.5 Å². The van der Waals surface area contributed by atoms with Gasteiger partial charge in [0.1, 0.15) is 10.7 Å². The number of hydrogen-bond acceptors (Lipinski definition) is 2. The molecule has 0 fully saturated rings. The second-order valence-corrected chi connectivity index (χ2v) is 7.19. The Morgan fingerprint density at radius 3 is 2.43 bits per heavy atom. The van der Waals surface area contributed by atoms with E-state index in [0.717, 1.165) is 6.07 Å². The summed E-state index contributed by atoms with van der Waals surface area (Å²) in [6, 6.07) is 5.50. The molecule has 9 heteroatoms. The van der Waals surface area contributed by atoms with Crippen LogP contribution in [0.25, 0.3) is 0 Å². The van der Waals surface area contributed by atoms with Crippen LogP contribution in [0.5, 0.6) is 0 Å². The molecule has 0 saturated carbocycles. The van der Waals surface area contributed by atoms with Crippen molar-refractivity contribution in [1.29, 1.82) is 0 Å². The summed E-state index contributed by atoms with van der Waals surface area (Å²) in [6.45, 7) is 0. The van der Waals surface area contributed by atoms with E-state index in [4.69, 9.17) is 23.2 Å². The van der Waals surface area contributed by atoms with Crippen molar-refractivity contribution in [2.24, 2.45) is 0 Å². The molecule has 2 aromatic carbocycles. The summed E-state index contributed by atoms with van der Waals surface area (Å²) in [4.78, 5) is -0.313. The zero-order valence-electron chi connectivity index (χ0n) is 10.0. The highest BCUT2D eigenvalue weighted by Gasteiger charge is 2.22. The lowest BCUT2D eigenvalue weighted by Crippen LogP contribution is -2.15. The number of nitrogens with one attached hydrogen (secondary N) is 1. The molecule has 0 heterocycles. The van der Waals surface area contributed by atoms with Gasteiger partial charge < -0.3 is 0 Å². The van der Waals surface area contributed by atoms with Gasteiger partial charge in [-0.15, -0.1) is 0 Å². The van der Waals surface area contributed by atoms with E-state index in [9.17, 15) is 17.2 Å². The van der Waals surface area contributed by atoms with Crippen LogP contribution >= 0.6 is 39.1 Å². The molecule has 0 bridgehead atoms. The first kappa shape index (κ1) is 16.5. The van der Waals surface area contributed by atoms with Gasteiger partial charge in [0.15, 0.2) is 5.82 Å². The van der Waals surface area contributed by atoms with Crippen molar-refractivity contribution < 1.29 is 17.2 Å². The lowest BCUT2D eigenvalue weighted by Gasteiger charge is -2.12. The molecule has 0 unspecified atom stereocenters. The summed E-state index contributed by atoms with van der Waals surface area (Å²) in [5.74, 6) is -1.91. The lowest BCUT2D eigenvalue weighted by atomic mass is 10.3. The third-order valence-electron chi connectivity index (χ3n) is 2.45. The van der Waals surface area contributed by atoms with Crippen molar-refractivity contribution in [2.75, 3.05) is 4.72 Å². The van der Waals surface area contributed by atoms with E-state index >= 15 is 0 Å². The molecule has 0 spiro atoms. The molecule has 112 valence electrons. The third-order valence-corrected chi connectivity index (χ3v) is 5.40. The predicted molar refractivity (Wildman–Crippen MR) is 81.3 cm³/mol. The molecule has 0 aliphatic heterocycles. The van der Waals surface area contributed by atoms with Crippen LogP contribution in [0.2, 0.25) is 10.0 Å². The molecule has 0 aliphatic carbocycles. The van der Waals surface area contributed by atoms with Gasteiger partial charge in [-0.2, -0.15) is 0 Å². The van der Waals surface area contributed by atoms with Crippen LogP contribution in [0.1, 0.15) is 0 Å². The van der Waals surface area contributed by atoms with Gasteiger partial charge in [-0.3, -0.25) is 4.72 Å². The number of halogens is 5. The average Bonchev–Trinajstić information content (AvgIpc) is 2.37. The highest BCUT2D eigenvalue weighted by Crippen LogP contribution is 2.33. The molecule has 0 aliphatic rings. The number of sulfonamides is 1. The van der Waals surface area contributed by atoms with E-state index < -0.39 is 27.3 Å². The number of rotatable bonds is 3. The maximum atomic E-state index is 13.7. The van der Waals surface area contributed by atoms with Crippen LogP contribution in [0.15, 0.2) is 39.7 Å². The minimum atomic E-state index is -4.18. The van der Waals surface area contributed by atoms with Crippen molar-refractivity contribution in [2.45, 2.75) is 4.90 Å². The van der Waals surface area contributed by atoms with E-state index in [1.807, 2.05) is 4.72 Å². The van der Waals surface area contributed by atoms with Crippen LogP contribution in [-0.4, -0.2) is 8.42 Å². The Balaban J connectivity index is 2.50. The van der Waals surface area contributed by atoms with E-state index in [1.165, 1.54) is 18.2 Å². The van der Waals surface area contributed by atoms with Gasteiger partial charge in [0.2, 0.25) is 0 Å². The Morgan fingerprint density at radius 1 is 1.14 bits per heavy atom. The monoisotopic (exact) mass is 415 g/mol. The van der Waals surface area contributed by atoms with Gasteiger partial charge in [-0.05, 0) is 34.1 Å². The highest BCUT2D eigenvalue weighted by atomic mass is 79.9. The smallest absolute Gasteiger partial charge is 0.263 e. The fourth-order valence-corrected chi connectivity index (χ4v) is 4.01. The van der Waals surface area contributed by atoms with Gasteiger partial charge >= 0.3 is 0 Å². The quantitative estimate of drug-likeness (QED) is 0.778. The third kappa shape index (κ3) is 3.48. The largest absolute Gasteiger partial charge is 0.275 e. The Morgan fingerprint density at radius 2 is 1.81 bits per heavy atom. The second-order valence-electron chi connectivity index (χ2n) is 3.90. The maximum Gasteiger partial charge on any atom is 0.263 e. The number of hydrogen-bond donors (Lipinski definition) is 1. The molecule has 21 heavy (non-hydrogen) atoms. The summed E-state index contributed by atoms with van der Waals surface area (Å²) in [5, 5.41) is -0.150. The van der Waals surface area contributed by atoms with Crippen molar-refractivity contribution in [1.82, 2.24) is 0 Å². The second kappa shape index (κ2) is 6.08. The molecular formula is C12H6BrCl2F2NO2S. The van der Waals surface area contributed by atoms with Crippen LogP contribution in [-0.2, 0) is 10.0 Å². The van der Waals surface area contributed by atoms with Crippen LogP contribution in [0, 0.1) is 11.6 Å². The molecule has 0 aromatic heterocycles. The first-order valence-corrected chi connectivity index (χ1v) is 8.37.